The molecular weight excluding hydrogens is 488 g/mol. The van der Waals surface area contributed by atoms with E-state index in [0.717, 1.165) is 17.5 Å². The lowest BCUT2D eigenvalue weighted by Gasteiger charge is -2.26. The Morgan fingerprint density at radius 3 is 2.58 bits per heavy atom. The zero-order valence-electron chi connectivity index (χ0n) is 23.0. The number of likely N-dealkylation sites (N-methyl/N-ethyl adjacent to an activating group) is 1. The van der Waals surface area contributed by atoms with Gasteiger partial charge >= 0.3 is 5.69 Å². The van der Waals surface area contributed by atoms with Crippen molar-refractivity contribution < 1.29 is 19.0 Å². The largest absolute Gasteiger partial charge is 0.496 e. The first-order valence-corrected chi connectivity index (χ1v) is 12.8. The first kappa shape index (κ1) is 28.8. The number of hydrogen-bond donors (Lipinski definition) is 0. The van der Waals surface area contributed by atoms with Crippen molar-refractivity contribution in [2.45, 2.75) is 52.7 Å². The minimum absolute atomic E-state index is 0.0962. The number of nitrogens with zero attached hydrogens (tertiary/aromatic N) is 4. The number of allylic oxidation sites excluding steroid dienone is 1. The number of ether oxygens (including phenoxy) is 3. The first-order valence-electron chi connectivity index (χ1n) is 12.8. The molecule has 0 atom stereocenters. The van der Waals surface area contributed by atoms with E-state index >= 15 is 0 Å². The Morgan fingerprint density at radius 1 is 1.21 bits per heavy atom. The molecule has 3 rings (SSSR count). The fourth-order valence-electron chi connectivity index (χ4n) is 3.89. The molecule has 1 aromatic heterocycles. The van der Waals surface area contributed by atoms with Gasteiger partial charge < -0.3 is 24.1 Å². The number of para-hydroxylation sites is 1. The lowest BCUT2D eigenvalue weighted by molar-refractivity contribution is 0.0139. The molecule has 10 nitrogen and oxygen atoms in total. The standard InChI is InChI=1S/C28H38N4O6/c1-7-8-15-30(5)32-27(33)24(21(4)29-38-20(2)3)18-31(28(32)34)19-26(37-22-13-16-36-17-14-22)23-11-9-10-12-25(23)35-6/h7-12,18-20,22H,13-17H2,1-6H3/b8-7+,26-19-,29-21+. The van der Waals surface area contributed by atoms with Gasteiger partial charge in [-0.05, 0) is 39.8 Å². The molecule has 0 spiro atoms. The Balaban J connectivity index is 2.24. The quantitative estimate of drug-likeness (QED) is 0.191. The van der Waals surface area contributed by atoms with Crippen LogP contribution in [0.5, 0.6) is 5.75 Å². The van der Waals surface area contributed by atoms with Crippen LogP contribution in [0.4, 0.5) is 0 Å². The van der Waals surface area contributed by atoms with Gasteiger partial charge in [-0.1, -0.05) is 29.4 Å². The van der Waals surface area contributed by atoms with Gasteiger partial charge in [-0.2, -0.15) is 4.68 Å². The van der Waals surface area contributed by atoms with E-state index in [4.69, 9.17) is 19.0 Å². The Morgan fingerprint density at radius 2 is 1.92 bits per heavy atom. The monoisotopic (exact) mass is 526 g/mol. The Labute approximate surface area is 223 Å². The van der Waals surface area contributed by atoms with Gasteiger partial charge in [-0.25, -0.2) is 4.79 Å². The second-order valence-electron chi connectivity index (χ2n) is 9.21. The average Bonchev–Trinajstić information content (AvgIpc) is 2.92. The van der Waals surface area contributed by atoms with E-state index in [0.29, 0.717) is 42.5 Å². The van der Waals surface area contributed by atoms with Crippen molar-refractivity contribution in [3.05, 3.63) is 74.6 Å². The Kier molecular flexibility index (Phi) is 10.3. The highest BCUT2D eigenvalue weighted by Gasteiger charge is 2.21. The summed E-state index contributed by atoms with van der Waals surface area (Å²) in [5, 5.41) is 5.67. The van der Waals surface area contributed by atoms with Gasteiger partial charge in [0.2, 0.25) is 0 Å². The summed E-state index contributed by atoms with van der Waals surface area (Å²) in [5.74, 6) is 1.04. The van der Waals surface area contributed by atoms with Gasteiger partial charge in [0.1, 0.15) is 23.7 Å². The van der Waals surface area contributed by atoms with Crippen LogP contribution in [0.3, 0.4) is 0 Å². The average molecular weight is 527 g/mol. The molecule has 0 saturated carbocycles. The van der Waals surface area contributed by atoms with E-state index in [1.807, 2.05) is 57.2 Å². The number of aromatic nitrogens is 2. The van der Waals surface area contributed by atoms with Crippen LogP contribution in [-0.2, 0) is 14.3 Å². The molecule has 0 unspecified atom stereocenters. The number of rotatable bonds is 11. The molecular formula is C28H38N4O6. The van der Waals surface area contributed by atoms with E-state index in [1.54, 1.807) is 32.3 Å². The van der Waals surface area contributed by atoms with Gasteiger partial charge in [0, 0.05) is 26.1 Å². The lowest BCUT2D eigenvalue weighted by atomic mass is 10.1. The maximum Gasteiger partial charge on any atom is 0.354 e. The molecule has 0 N–H and O–H groups in total. The topological polar surface area (TPSA) is 96.5 Å². The van der Waals surface area contributed by atoms with Crippen molar-refractivity contribution in [2.24, 2.45) is 5.16 Å². The fraction of sp³-hybridized carbons (Fsp3) is 0.464. The molecule has 0 radical (unpaired) electrons. The summed E-state index contributed by atoms with van der Waals surface area (Å²) >= 11 is 0. The van der Waals surface area contributed by atoms with Crippen molar-refractivity contribution in [1.29, 1.82) is 0 Å². The Bertz CT molecular complexity index is 1280. The third-order valence-electron chi connectivity index (χ3n) is 5.92. The molecule has 1 fully saturated rings. The van der Waals surface area contributed by atoms with E-state index in [1.165, 1.54) is 10.8 Å². The zero-order valence-corrected chi connectivity index (χ0v) is 23.0. The smallest absolute Gasteiger partial charge is 0.354 e. The molecule has 1 saturated heterocycles. The van der Waals surface area contributed by atoms with Crippen molar-refractivity contribution in [3.8, 4) is 5.75 Å². The minimum atomic E-state index is -0.550. The Hall–Kier alpha value is -3.79. The summed E-state index contributed by atoms with van der Waals surface area (Å²) < 4.78 is 19.9. The zero-order chi connectivity index (χ0) is 27.7. The molecule has 10 heteroatoms. The summed E-state index contributed by atoms with van der Waals surface area (Å²) in [6.07, 6.45) is 7.95. The molecule has 2 aromatic rings. The molecule has 1 aromatic carbocycles. The minimum Gasteiger partial charge on any atom is -0.496 e. The van der Waals surface area contributed by atoms with Crippen molar-refractivity contribution in [3.63, 3.8) is 0 Å². The SMILES string of the molecule is C/C=C/CN(C)n1c(=O)c(/C(C)=N/OC(C)C)cn(/C=C(\OC2CCOCC2)c2ccccc2OC)c1=O. The van der Waals surface area contributed by atoms with Crippen molar-refractivity contribution in [1.82, 2.24) is 9.24 Å². The van der Waals surface area contributed by atoms with E-state index in [2.05, 4.69) is 5.16 Å². The maximum absolute atomic E-state index is 13.7. The molecule has 1 aliphatic heterocycles. The van der Waals surface area contributed by atoms with Gasteiger partial charge in [-0.15, -0.1) is 0 Å². The number of hydrogen-bond acceptors (Lipinski definition) is 8. The molecule has 0 amide bonds. The number of oxime groups is 1. The summed E-state index contributed by atoms with van der Waals surface area (Å²) in [4.78, 5) is 32.5. The second-order valence-corrected chi connectivity index (χ2v) is 9.21. The summed E-state index contributed by atoms with van der Waals surface area (Å²) in [7, 11) is 3.26. The number of methoxy groups -OCH3 is 1. The lowest BCUT2D eigenvalue weighted by Crippen LogP contribution is -2.51. The highest BCUT2D eigenvalue weighted by Crippen LogP contribution is 2.29. The predicted octanol–water partition coefficient (Wildman–Crippen LogP) is 3.46. The van der Waals surface area contributed by atoms with Crippen LogP contribution < -0.4 is 21.0 Å². The van der Waals surface area contributed by atoms with Crippen molar-refractivity contribution in [2.75, 3.05) is 38.9 Å². The molecule has 0 bridgehead atoms. The summed E-state index contributed by atoms with van der Waals surface area (Å²) in [6.45, 7) is 8.79. The van der Waals surface area contributed by atoms with Crippen LogP contribution in [0.1, 0.15) is 51.7 Å². The molecule has 38 heavy (non-hydrogen) atoms. The number of benzene rings is 1. The third kappa shape index (κ3) is 7.16. The van der Waals surface area contributed by atoms with Crippen molar-refractivity contribution >= 4 is 17.7 Å². The summed E-state index contributed by atoms with van der Waals surface area (Å²) in [5.41, 5.74) is 0.210. The normalized spacial score (nSPS) is 15.2. The highest BCUT2D eigenvalue weighted by molar-refractivity contribution is 5.97. The second kappa shape index (κ2) is 13.7. The molecule has 0 aliphatic carbocycles. The van der Waals surface area contributed by atoms with Crippen LogP contribution in [0.2, 0.25) is 0 Å². The van der Waals surface area contributed by atoms with E-state index < -0.39 is 11.2 Å². The molecule has 1 aliphatic rings. The molecule has 206 valence electrons. The maximum atomic E-state index is 13.7. The van der Waals surface area contributed by atoms with Gasteiger partial charge in [0.05, 0.1) is 49.9 Å². The van der Waals surface area contributed by atoms with Gasteiger partial charge in [0.15, 0.2) is 0 Å². The van der Waals surface area contributed by atoms with Gasteiger partial charge in [-0.3, -0.25) is 9.36 Å². The van der Waals surface area contributed by atoms with Crippen LogP contribution >= 0.6 is 0 Å². The first-order chi connectivity index (χ1) is 18.3. The van der Waals surface area contributed by atoms with Crippen LogP contribution in [0.15, 0.2) is 57.4 Å². The van der Waals surface area contributed by atoms with Gasteiger partial charge in [0.25, 0.3) is 5.56 Å². The van der Waals surface area contributed by atoms with E-state index in [-0.39, 0.29) is 17.8 Å². The third-order valence-corrected chi connectivity index (χ3v) is 5.92. The van der Waals surface area contributed by atoms with Crippen LogP contribution in [0, 0.1) is 0 Å². The fourth-order valence-corrected chi connectivity index (χ4v) is 3.89. The molecule has 2 heterocycles. The van der Waals surface area contributed by atoms with E-state index in [9.17, 15) is 9.59 Å². The van der Waals surface area contributed by atoms with Crippen LogP contribution in [-0.4, -0.2) is 61.1 Å². The highest BCUT2D eigenvalue weighted by atomic mass is 16.6. The van der Waals surface area contributed by atoms with Crippen LogP contribution in [0.25, 0.3) is 12.0 Å². The predicted molar refractivity (Wildman–Crippen MR) is 149 cm³/mol. The summed E-state index contributed by atoms with van der Waals surface area (Å²) in [6, 6.07) is 7.44.